The van der Waals surface area contributed by atoms with Crippen LogP contribution in [0.4, 0.5) is 5.82 Å². The van der Waals surface area contributed by atoms with E-state index in [1.54, 1.807) is 0 Å². The molecule has 0 saturated carbocycles. The second kappa shape index (κ2) is 7.53. The van der Waals surface area contributed by atoms with Crippen LogP contribution in [0.25, 0.3) is 0 Å². The molecule has 15 heavy (non-hydrogen) atoms. The van der Waals surface area contributed by atoms with Crippen molar-refractivity contribution in [1.82, 2.24) is 9.97 Å². The van der Waals surface area contributed by atoms with Crippen molar-refractivity contribution in [3.8, 4) is 0 Å². The zero-order chi connectivity index (χ0) is 9.26. The second-order valence-electron chi connectivity index (χ2n) is 3.33. The smallest absolute Gasteiger partial charge is 0.358 e. The van der Waals surface area contributed by atoms with E-state index in [4.69, 9.17) is 11.6 Å². The minimum atomic E-state index is 0. The minimum absolute atomic E-state index is 0. The monoisotopic (exact) mass is 345 g/mol. The molecule has 3 nitrogen and oxygen atoms in total. The van der Waals surface area contributed by atoms with Gasteiger partial charge in [0.1, 0.15) is 5.82 Å². The number of hydrogen-bond donors (Lipinski definition) is 0. The Hall–Kier alpha value is 1.22. The summed E-state index contributed by atoms with van der Waals surface area (Å²) >= 11 is 5.78. The number of rotatable bonds is 1. The predicted octanol–water partition coefficient (Wildman–Crippen LogP) is -0.507. The van der Waals surface area contributed by atoms with E-state index in [2.05, 4.69) is 14.9 Å². The van der Waals surface area contributed by atoms with E-state index in [-0.39, 0.29) is 76.3 Å². The van der Waals surface area contributed by atoms with Crippen LogP contribution in [0.5, 0.6) is 0 Å². The molecular weight excluding hydrogens is 330 g/mol. The predicted molar refractivity (Wildman–Crippen MR) is 59.6 cm³/mol. The third-order valence-electron chi connectivity index (χ3n) is 2.24. The first-order valence-corrected chi connectivity index (χ1v) is 4.89. The maximum absolute atomic E-state index is 5.78. The summed E-state index contributed by atoms with van der Waals surface area (Å²) in [6, 6.07) is 1.98. The molecule has 0 aliphatic carbocycles. The third kappa shape index (κ3) is 4.54. The summed E-state index contributed by atoms with van der Waals surface area (Å²) in [6.45, 7) is 4.12. The summed E-state index contributed by atoms with van der Waals surface area (Å²) in [5, 5.41) is 0.349. The molecule has 0 spiro atoms. The van der Waals surface area contributed by atoms with Gasteiger partial charge < -0.3 is 12.3 Å². The SMILES string of the molecule is Cc1cc(N2CCCC2)nc(Cl)n1.[CH3-].[Cs+]. The quantitative estimate of drug-likeness (QED) is 0.507. The third-order valence-corrected chi connectivity index (χ3v) is 2.41. The van der Waals surface area contributed by atoms with Gasteiger partial charge in [-0.15, -0.1) is 0 Å². The molecule has 0 radical (unpaired) electrons. The fourth-order valence-electron chi connectivity index (χ4n) is 1.62. The molecule has 0 bridgehead atoms. The fraction of sp³-hybridized carbons (Fsp3) is 0.500. The van der Waals surface area contributed by atoms with Gasteiger partial charge in [-0.25, -0.2) is 9.97 Å². The molecule has 1 aromatic rings. The van der Waals surface area contributed by atoms with E-state index in [0.717, 1.165) is 24.6 Å². The normalized spacial score (nSPS) is 14.4. The largest absolute Gasteiger partial charge is 1.00 e. The van der Waals surface area contributed by atoms with Gasteiger partial charge in [0, 0.05) is 24.8 Å². The Morgan fingerprint density at radius 3 is 2.40 bits per heavy atom. The Balaban J connectivity index is 0.000000980. The second-order valence-corrected chi connectivity index (χ2v) is 3.67. The molecule has 0 N–H and O–H groups in total. The van der Waals surface area contributed by atoms with Gasteiger partial charge in [-0.1, -0.05) is 0 Å². The van der Waals surface area contributed by atoms with Gasteiger partial charge >= 0.3 is 68.9 Å². The van der Waals surface area contributed by atoms with Crippen LogP contribution in [-0.2, 0) is 0 Å². The van der Waals surface area contributed by atoms with Crippen LogP contribution >= 0.6 is 11.6 Å². The van der Waals surface area contributed by atoms with E-state index in [0.29, 0.717) is 5.28 Å². The Kier molecular flexibility index (Phi) is 8.14. The topological polar surface area (TPSA) is 29.0 Å². The molecular formula is C10H15ClCsN3. The van der Waals surface area contributed by atoms with Crippen molar-refractivity contribution in [2.24, 2.45) is 0 Å². The van der Waals surface area contributed by atoms with Crippen molar-refractivity contribution >= 4 is 17.4 Å². The summed E-state index contributed by atoms with van der Waals surface area (Å²) in [5.74, 6) is 0.968. The molecule has 1 aliphatic heterocycles. The molecule has 2 rings (SSSR count). The minimum Gasteiger partial charge on any atom is -0.358 e. The number of halogens is 1. The van der Waals surface area contributed by atoms with Gasteiger partial charge in [0.15, 0.2) is 0 Å². The van der Waals surface area contributed by atoms with Crippen LogP contribution in [0.2, 0.25) is 5.28 Å². The molecule has 1 aliphatic rings. The maximum atomic E-state index is 5.78. The zero-order valence-electron chi connectivity index (χ0n) is 9.63. The Labute approximate surface area is 155 Å². The summed E-state index contributed by atoms with van der Waals surface area (Å²) in [7, 11) is 0. The van der Waals surface area contributed by atoms with E-state index in [1.165, 1.54) is 12.8 Å². The Morgan fingerprint density at radius 1 is 1.27 bits per heavy atom. The summed E-state index contributed by atoms with van der Waals surface area (Å²) in [6.07, 6.45) is 2.50. The fourth-order valence-corrected chi connectivity index (χ4v) is 1.84. The van der Waals surface area contributed by atoms with Gasteiger partial charge in [-0.05, 0) is 31.4 Å². The van der Waals surface area contributed by atoms with E-state index in [1.807, 2.05) is 13.0 Å². The first kappa shape index (κ1) is 16.2. The standard InChI is InChI=1S/C9H12ClN3.CH3.Cs/c1-7-6-8(12-9(10)11-7)13-4-2-3-5-13;;/h6H,2-5H2,1H3;1H3;/q;-1;+1. The van der Waals surface area contributed by atoms with E-state index < -0.39 is 0 Å². The number of hydrogen-bond acceptors (Lipinski definition) is 3. The molecule has 5 heteroatoms. The summed E-state index contributed by atoms with van der Waals surface area (Å²) < 4.78 is 0. The molecule has 0 unspecified atom stereocenters. The van der Waals surface area contributed by atoms with Gasteiger partial charge in [-0.2, -0.15) is 0 Å². The molecule has 1 aromatic heterocycles. The van der Waals surface area contributed by atoms with Crippen LogP contribution < -0.4 is 73.8 Å². The molecule has 1 saturated heterocycles. The van der Waals surface area contributed by atoms with Crippen molar-refractivity contribution in [2.75, 3.05) is 18.0 Å². The maximum Gasteiger partial charge on any atom is 1.00 e. The number of aryl methyl sites for hydroxylation is 1. The van der Waals surface area contributed by atoms with Crippen LogP contribution in [0.15, 0.2) is 6.07 Å². The van der Waals surface area contributed by atoms with Gasteiger partial charge in [-0.3, -0.25) is 0 Å². The molecule has 0 atom stereocenters. The molecule has 78 valence electrons. The van der Waals surface area contributed by atoms with E-state index in [9.17, 15) is 0 Å². The zero-order valence-corrected chi connectivity index (χ0v) is 16.7. The average Bonchev–Trinajstić information content (AvgIpc) is 2.53. The molecule has 0 amide bonds. The van der Waals surface area contributed by atoms with Crippen LogP contribution in [0, 0.1) is 14.4 Å². The summed E-state index contributed by atoms with van der Waals surface area (Å²) in [5.41, 5.74) is 0.932. The Bertz CT molecular complexity index is 293. The molecule has 1 fully saturated rings. The molecule has 2 heterocycles. The van der Waals surface area contributed by atoms with Crippen LogP contribution in [0.3, 0.4) is 0 Å². The van der Waals surface area contributed by atoms with Crippen molar-refractivity contribution in [1.29, 1.82) is 0 Å². The van der Waals surface area contributed by atoms with Gasteiger partial charge in [0.05, 0.1) is 0 Å². The van der Waals surface area contributed by atoms with Gasteiger partial charge in [0.25, 0.3) is 0 Å². The van der Waals surface area contributed by atoms with Crippen molar-refractivity contribution in [3.63, 3.8) is 0 Å². The first-order valence-electron chi connectivity index (χ1n) is 4.52. The Morgan fingerprint density at radius 2 is 1.87 bits per heavy atom. The van der Waals surface area contributed by atoms with Crippen LogP contribution in [0.1, 0.15) is 18.5 Å². The van der Waals surface area contributed by atoms with Gasteiger partial charge in [0.2, 0.25) is 5.28 Å². The molecule has 0 aromatic carbocycles. The first-order chi connectivity index (χ1) is 6.25. The average molecular weight is 346 g/mol. The van der Waals surface area contributed by atoms with Crippen molar-refractivity contribution in [2.45, 2.75) is 19.8 Å². The number of nitrogens with zero attached hydrogens (tertiary/aromatic N) is 3. The van der Waals surface area contributed by atoms with Crippen molar-refractivity contribution in [3.05, 3.63) is 24.5 Å². The van der Waals surface area contributed by atoms with E-state index >= 15 is 0 Å². The van der Waals surface area contributed by atoms with Crippen LogP contribution in [-0.4, -0.2) is 23.1 Å². The number of anilines is 1. The summed E-state index contributed by atoms with van der Waals surface area (Å²) in [4.78, 5) is 10.5. The number of aromatic nitrogens is 2. The van der Waals surface area contributed by atoms with Crippen molar-refractivity contribution < 1.29 is 68.9 Å².